The van der Waals surface area contributed by atoms with Crippen molar-refractivity contribution < 1.29 is 18.0 Å². The van der Waals surface area contributed by atoms with Gasteiger partial charge in [0.05, 0.1) is 30.6 Å². The summed E-state index contributed by atoms with van der Waals surface area (Å²) in [7, 11) is -3.12. The van der Waals surface area contributed by atoms with Crippen LogP contribution in [0.25, 0.3) is 0 Å². The van der Waals surface area contributed by atoms with Gasteiger partial charge in [0, 0.05) is 11.7 Å². The maximum absolute atomic E-state index is 13.1. The number of amides is 2. The van der Waals surface area contributed by atoms with E-state index in [-0.39, 0.29) is 48.5 Å². The van der Waals surface area contributed by atoms with Crippen LogP contribution in [-0.4, -0.2) is 68.4 Å². The van der Waals surface area contributed by atoms with Crippen molar-refractivity contribution in [2.45, 2.75) is 39.3 Å². The second-order valence-corrected chi connectivity index (χ2v) is 9.41. The Morgan fingerprint density at radius 3 is 2.37 bits per heavy atom. The highest BCUT2D eigenvalue weighted by Gasteiger charge is 2.35. The molecule has 1 atom stereocenters. The molecule has 0 bridgehead atoms. The van der Waals surface area contributed by atoms with Crippen LogP contribution < -0.4 is 10.2 Å². The Hall–Kier alpha value is -1.93. The average Bonchev–Trinajstić information content (AvgIpc) is 2.94. The molecule has 0 aliphatic carbocycles. The minimum absolute atomic E-state index is 0.0202. The van der Waals surface area contributed by atoms with E-state index in [1.165, 1.54) is 0 Å². The summed E-state index contributed by atoms with van der Waals surface area (Å²) >= 11 is 0. The van der Waals surface area contributed by atoms with Crippen molar-refractivity contribution in [2.75, 3.05) is 36.0 Å². The number of likely N-dealkylation sites (N-methyl/N-ethyl adjacent to an activating group) is 1. The third kappa shape index (κ3) is 6.32. The summed E-state index contributed by atoms with van der Waals surface area (Å²) < 4.78 is 23.8. The molecule has 27 heavy (non-hydrogen) atoms. The van der Waals surface area contributed by atoms with Crippen LogP contribution in [-0.2, 0) is 19.4 Å². The molecule has 1 heterocycles. The molecule has 8 heteroatoms. The molecule has 1 aromatic rings. The quantitative estimate of drug-likeness (QED) is 0.711. The van der Waals surface area contributed by atoms with Gasteiger partial charge in [-0.05, 0) is 38.9 Å². The lowest BCUT2D eigenvalue weighted by Crippen LogP contribution is -2.48. The van der Waals surface area contributed by atoms with Crippen LogP contribution in [0.4, 0.5) is 5.69 Å². The first-order valence-electron chi connectivity index (χ1n) is 9.31. The van der Waals surface area contributed by atoms with Gasteiger partial charge in [-0.15, -0.1) is 0 Å². The van der Waals surface area contributed by atoms with Gasteiger partial charge in [0.25, 0.3) is 0 Å². The summed E-state index contributed by atoms with van der Waals surface area (Å²) in [5.41, 5.74) is 0.687. The minimum atomic E-state index is -3.12. The maximum Gasteiger partial charge on any atom is 0.241 e. The lowest BCUT2D eigenvalue weighted by Gasteiger charge is -2.31. The maximum atomic E-state index is 13.1. The van der Waals surface area contributed by atoms with Crippen molar-refractivity contribution in [3.63, 3.8) is 0 Å². The van der Waals surface area contributed by atoms with Crippen LogP contribution in [0.5, 0.6) is 0 Å². The van der Waals surface area contributed by atoms with Crippen LogP contribution in [0.2, 0.25) is 0 Å². The molecule has 0 spiro atoms. The van der Waals surface area contributed by atoms with Crippen molar-refractivity contribution in [2.24, 2.45) is 0 Å². The summed E-state index contributed by atoms with van der Waals surface area (Å²) in [6.45, 7) is 6.40. The largest absolute Gasteiger partial charge is 0.353 e. The van der Waals surface area contributed by atoms with Gasteiger partial charge in [0.15, 0.2) is 9.84 Å². The number of sulfone groups is 1. The average molecular weight is 396 g/mol. The Morgan fingerprint density at radius 2 is 1.85 bits per heavy atom. The molecule has 1 saturated heterocycles. The van der Waals surface area contributed by atoms with E-state index in [0.717, 1.165) is 0 Å². The zero-order valence-electron chi connectivity index (χ0n) is 16.2. The second kappa shape index (κ2) is 9.32. The predicted molar refractivity (Wildman–Crippen MR) is 106 cm³/mol. The van der Waals surface area contributed by atoms with Crippen molar-refractivity contribution >= 4 is 27.3 Å². The Bertz CT molecular complexity index is 749. The Balaban J connectivity index is 2.15. The summed E-state index contributed by atoms with van der Waals surface area (Å²) in [5.74, 6) is -0.243. The summed E-state index contributed by atoms with van der Waals surface area (Å²) in [4.78, 5) is 28.5. The summed E-state index contributed by atoms with van der Waals surface area (Å²) in [6, 6.07) is 8.80. The van der Waals surface area contributed by atoms with E-state index in [0.29, 0.717) is 18.7 Å². The Labute approximate surface area is 161 Å². The normalized spacial score (nSPS) is 18.6. The highest BCUT2D eigenvalue weighted by molar-refractivity contribution is 7.91. The van der Waals surface area contributed by atoms with E-state index in [1.54, 1.807) is 9.80 Å². The van der Waals surface area contributed by atoms with Crippen LogP contribution in [0.1, 0.15) is 27.2 Å². The van der Waals surface area contributed by atoms with Crippen molar-refractivity contribution in [3.05, 3.63) is 30.3 Å². The number of benzene rings is 1. The number of carbonyl (C=O) groups excluding carboxylic acids is 2. The number of hydrogen-bond donors (Lipinski definition) is 1. The molecule has 0 saturated carbocycles. The van der Waals surface area contributed by atoms with Gasteiger partial charge in [0.2, 0.25) is 11.8 Å². The van der Waals surface area contributed by atoms with Gasteiger partial charge in [-0.1, -0.05) is 25.1 Å². The van der Waals surface area contributed by atoms with Crippen molar-refractivity contribution in [3.8, 4) is 0 Å². The fourth-order valence-corrected chi connectivity index (χ4v) is 4.94. The molecular formula is C19H29N3O4S. The van der Waals surface area contributed by atoms with Crippen molar-refractivity contribution in [1.82, 2.24) is 10.2 Å². The van der Waals surface area contributed by atoms with Crippen LogP contribution in [0, 0.1) is 0 Å². The second-order valence-electron chi connectivity index (χ2n) is 7.18. The number of para-hydroxylation sites is 1. The number of hydrogen-bond acceptors (Lipinski definition) is 5. The molecule has 150 valence electrons. The number of anilines is 1. The minimum Gasteiger partial charge on any atom is -0.353 e. The predicted octanol–water partition coefficient (Wildman–Crippen LogP) is 1.05. The summed E-state index contributed by atoms with van der Waals surface area (Å²) in [5, 5.41) is 2.82. The molecule has 1 fully saturated rings. The molecular weight excluding hydrogens is 366 g/mol. The monoisotopic (exact) mass is 395 g/mol. The Kier molecular flexibility index (Phi) is 7.38. The number of rotatable bonds is 8. The third-order valence-electron chi connectivity index (χ3n) is 4.50. The van der Waals surface area contributed by atoms with Gasteiger partial charge < -0.3 is 10.2 Å². The van der Waals surface area contributed by atoms with Gasteiger partial charge in [-0.25, -0.2) is 8.42 Å². The number of nitrogens with zero attached hydrogens (tertiary/aromatic N) is 2. The third-order valence-corrected chi connectivity index (χ3v) is 6.25. The lowest BCUT2D eigenvalue weighted by molar-refractivity contribution is -0.124. The molecule has 1 aromatic carbocycles. The molecule has 1 aliphatic heterocycles. The molecule has 0 aromatic heterocycles. The van der Waals surface area contributed by atoms with Gasteiger partial charge in [-0.2, -0.15) is 0 Å². The smallest absolute Gasteiger partial charge is 0.241 e. The van der Waals surface area contributed by atoms with Gasteiger partial charge >= 0.3 is 0 Å². The molecule has 1 aliphatic rings. The highest BCUT2D eigenvalue weighted by Crippen LogP contribution is 2.24. The first-order chi connectivity index (χ1) is 12.7. The molecule has 0 radical (unpaired) electrons. The van der Waals surface area contributed by atoms with E-state index in [9.17, 15) is 18.0 Å². The van der Waals surface area contributed by atoms with Crippen LogP contribution >= 0.6 is 0 Å². The zero-order valence-corrected chi connectivity index (χ0v) is 17.0. The highest BCUT2D eigenvalue weighted by atomic mass is 32.2. The fraction of sp³-hybridized carbons (Fsp3) is 0.579. The van der Waals surface area contributed by atoms with E-state index < -0.39 is 9.84 Å². The first kappa shape index (κ1) is 21.4. The van der Waals surface area contributed by atoms with Crippen molar-refractivity contribution in [1.29, 1.82) is 0 Å². The van der Waals surface area contributed by atoms with E-state index in [1.807, 2.05) is 51.1 Å². The Morgan fingerprint density at radius 1 is 1.19 bits per heavy atom. The standard InChI is InChI=1S/C19H29N3O4S/c1-4-21(12-18(23)20-15(2)3)13-19(24)22(16-8-6-5-7-9-16)17-10-11-27(25,26)14-17/h5-9,15,17H,4,10-14H2,1-3H3,(H,20,23)/t17-/m1/s1. The first-order valence-corrected chi connectivity index (χ1v) is 11.1. The SMILES string of the molecule is CCN(CC(=O)NC(C)C)CC(=O)N(c1ccccc1)[C@@H]1CCS(=O)(=O)C1. The van der Waals surface area contributed by atoms with E-state index in [2.05, 4.69) is 5.32 Å². The molecule has 0 unspecified atom stereocenters. The fourth-order valence-electron chi connectivity index (χ4n) is 3.24. The van der Waals surface area contributed by atoms with E-state index in [4.69, 9.17) is 0 Å². The topological polar surface area (TPSA) is 86.8 Å². The van der Waals surface area contributed by atoms with Gasteiger partial charge in [-0.3, -0.25) is 14.5 Å². The van der Waals surface area contributed by atoms with Crippen LogP contribution in [0.15, 0.2) is 30.3 Å². The van der Waals surface area contributed by atoms with Gasteiger partial charge in [0.1, 0.15) is 0 Å². The molecule has 7 nitrogen and oxygen atoms in total. The number of nitrogens with one attached hydrogen (secondary N) is 1. The summed E-state index contributed by atoms with van der Waals surface area (Å²) in [6.07, 6.45) is 0.433. The molecule has 1 N–H and O–H groups in total. The number of carbonyl (C=O) groups is 2. The lowest BCUT2D eigenvalue weighted by atomic mass is 10.1. The zero-order chi connectivity index (χ0) is 20.0. The van der Waals surface area contributed by atoms with E-state index >= 15 is 0 Å². The molecule has 2 rings (SSSR count). The molecule has 2 amide bonds. The van der Waals surface area contributed by atoms with Crippen LogP contribution in [0.3, 0.4) is 0 Å².